The molecule has 0 bridgehead atoms. The van der Waals surface area contributed by atoms with Gasteiger partial charge in [-0.3, -0.25) is 4.90 Å². The Hall–Kier alpha value is -0.800. The van der Waals surface area contributed by atoms with Gasteiger partial charge in [-0.25, -0.2) is 0 Å². The highest BCUT2D eigenvalue weighted by molar-refractivity contribution is 5.06. The van der Waals surface area contributed by atoms with Crippen molar-refractivity contribution >= 4 is 0 Å². The van der Waals surface area contributed by atoms with Crippen LogP contribution < -0.4 is 5.32 Å². The van der Waals surface area contributed by atoms with Gasteiger partial charge in [0.2, 0.25) is 0 Å². The summed E-state index contributed by atoms with van der Waals surface area (Å²) >= 11 is 0. The Labute approximate surface area is 111 Å². The van der Waals surface area contributed by atoms with E-state index in [-0.39, 0.29) is 0 Å². The van der Waals surface area contributed by atoms with Crippen LogP contribution in [0.3, 0.4) is 0 Å². The molecule has 0 saturated carbocycles. The van der Waals surface area contributed by atoms with Crippen molar-refractivity contribution in [1.29, 1.82) is 0 Å². The SMILES string of the molecule is CC(C)CCNCC(c1ccco1)N1CCCC1. The third kappa shape index (κ3) is 3.85. The van der Waals surface area contributed by atoms with E-state index in [0.29, 0.717) is 6.04 Å². The van der Waals surface area contributed by atoms with E-state index >= 15 is 0 Å². The van der Waals surface area contributed by atoms with Gasteiger partial charge in [0.15, 0.2) is 0 Å². The quantitative estimate of drug-likeness (QED) is 0.754. The minimum atomic E-state index is 0.412. The molecule has 0 spiro atoms. The number of nitrogens with zero attached hydrogens (tertiary/aromatic N) is 1. The Balaban J connectivity index is 1.85. The van der Waals surface area contributed by atoms with Crippen molar-refractivity contribution in [3.8, 4) is 0 Å². The minimum absolute atomic E-state index is 0.412. The molecule has 0 aromatic carbocycles. The number of nitrogens with one attached hydrogen (secondary N) is 1. The fourth-order valence-corrected chi connectivity index (χ4v) is 2.57. The number of likely N-dealkylation sites (tertiary alicyclic amines) is 1. The van der Waals surface area contributed by atoms with Crippen LogP contribution in [-0.2, 0) is 0 Å². The maximum absolute atomic E-state index is 5.60. The van der Waals surface area contributed by atoms with Gasteiger partial charge in [0.05, 0.1) is 12.3 Å². The molecule has 2 rings (SSSR count). The summed E-state index contributed by atoms with van der Waals surface area (Å²) in [6.45, 7) is 9.05. The second kappa shape index (κ2) is 6.95. The Morgan fingerprint density at radius 2 is 2.11 bits per heavy atom. The largest absolute Gasteiger partial charge is 0.468 e. The highest BCUT2D eigenvalue weighted by Gasteiger charge is 2.24. The van der Waals surface area contributed by atoms with Crippen molar-refractivity contribution in [2.45, 2.75) is 39.2 Å². The van der Waals surface area contributed by atoms with E-state index in [2.05, 4.69) is 30.1 Å². The molecule has 18 heavy (non-hydrogen) atoms. The van der Waals surface area contributed by atoms with Gasteiger partial charge in [0.25, 0.3) is 0 Å². The summed E-state index contributed by atoms with van der Waals surface area (Å²) in [6, 6.07) is 4.51. The zero-order valence-corrected chi connectivity index (χ0v) is 11.7. The van der Waals surface area contributed by atoms with Gasteiger partial charge in [-0.1, -0.05) is 13.8 Å². The molecule has 0 amide bonds. The van der Waals surface area contributed by atoms with Gasteiger partial charge in [-0.2, -0.15) is 0 Å². The van der Waals surface area contributed by atoms with Crippen LogP contribution in [-0.4, -0.2) is 31.1 Å². The summed E-state index contributed by atoms with van der Waals surface area (Å²) in [6.07, 6.45) is 5.67. The second-order valence-corrected chi connectivity index (χ2v) is 5.66. The molecule has 3 nitrogen and oxygen atoms in total. The molecule has 1 saturated heterocycles. The Bertz CT molecular complexity index is 315. The lowest BCUT2D eigenvalue weighted by Crippen LogP contribution is -2.34. The predicted molar refractivity (Wildman–Crippen MR) is 74.6 cm³/mol. The van der Waals surface area contributed by atoms with E-state index in [1.807, 2.05) is 6.07 Å². The maximum Gasteiger partial charge on any atom is 0.122 e. The van der Waals surface area contributed by atoms with Gasteiger partial charge in [0.1, 0.15) is 5.76 Å². The third-order valence-electron chi connectivity index (χ3n) is 3.69. The summed E-state index contributed by atoms with van der Waals surface area (Å²) in [5.74, 6) is 1.88. The van der Waals surface area contributed by atoms with Gasteiger partial charge < -0.3 is 9.73 Å². The fourth-order valence-electron chi connectivity index (χ4n) is 2.57. The highest BCUT2D eigenvalue weighted by Crippen LogP contribution is 2.24. The average molecular weight is 250 g/mol. The van der Waals surface area contributed by atoms with E-state index in [0.717, 1.165) is 24.8 Å². The average Bonchev–Trinajstić information content (AvgIpc) is 3.01. The number of hydrogen-bond acceptors (Lipinski definition) is 3. The Kier molecular flexibility index (Phi) is 5.26. The van der Waals surface area contributed by atoms with Crippen LogP contribution in [0.15, 0.2) is 22.8 Å². The van der Waals surface area contributed by atoms with Crippen LogP contribution in [0.2, 0.25) is 0 Å². The van der Waals surface area contributed by atoms with Crippen molar-refractivity contribution in [2.75, 3.05) is 26.2 Å². The molecule has 1 aliphatic rings. The molecule has 1 N–H and O–H groups in total. The van der Waals surface area contributed by atoms with Crippen LogP contribution in [0, 0.1) is 5.92 Å². The summed E-state index contributed by atoms with van der Waals surface area (Å²) in [7, 11) is 0. The van der Waals surface area contributed by atoms with Gasteiger partial charge in [-0.05, 0) is 56.9 Å². The first-order chi connectivity index (χ1) is 8.77. The van der Waals surface area contributed by atoms with Gasteiger partial charge >= 0.3 is 0 Å². The van der Waals surface area contributed by atoms with Gasteiger partial charge in [0, 0.05) is 6.54 Å². The first-order valence-electron chi connectivity index (χ1n) is 7.25. The monoisotopic (exact) mass is 250 g/mol. The van der Waals surface area contributed by atoms with E-state index in [1.165, 1.54) is 32.4 Å². The predicted octanol–water partition coefficient (Wildman–Crippen LogP) is 3.05. The number of rotatable bonds is 7. The molecule has 1 fully saturated rings. The van der Waals surface area contributed by atoms with E-state index < -0.39 is 0 Å². The van der Waals surface area contributed by atoms with Crippen molar-refractivity contribution < 1.29 is 4.42 Å². The zero-order chi connectivity index (χ0) is 12.8. The first kappa shape index (κ1) is 13.6. The summed E-state index contributed by atoms with van der Waals surface area (Å²) in [5.41, 5.74) is 0. The molecule has 1 unspecified atom stereocenters. The Morgan fingerprint density at radius 3 is 2.72 bits per heavy atom. The molecular weight excluding hydrogens is 224 g/mol. The fraction of sp³-hybridized carbons (Fsp3) is 0.733. The third-order valence-corrected chi connectivity index (χ3v) is 3.69. The van der Waals surface area contributed by atoms with E-state index in [1.54, 1.807) is 6.26 Å². The number of hydrogen-bond donors (Lipinski definition) is 1. The van der Waals surface area contributed by atoms with Crippen molar-refractivity contribution in [2.24, 2.45) is 5.92 Å². The highest BCUT2D eigenvalue weighted by atomic mass is 16.3. The number of furan rings is 1. The molecule has 3 heteroatoms. The van der Waals surface area contributed by atoms with Crippen LogP contribution >= 0.6 is 0 Å². The van der Waals surface area contributed by atoms with Crippen molar-refractivity contribution in [1.82, 2.24) is 10.2 Å². The lowest BCUT2D eigenvalue weighted by molar-refractivity contribution is 0.209. The summed E-state index contributed by atoms with van der Waals surface area (Å²) in [5, 5.41) is 3.58. The maximum atomic E-state index is 5.60. The second-order valence-electron chi connectivity index (χ2n) is 5.66. The van der Waals surface area contributed by atoms with Crippen LogP contribution in [0.4, 0.5) is 0 Å². The van der Waals surface area contributed by atoms with Gasteiger partial charge in [-0.15, -0.1) is 0 Å². The molecule has 0 aliphatic carbocycles. The molecule has 2 heterocycles. The molecule has 1 aromatic rings. The standard InChI is InChI=1S/C15H26N2O/c1-13(2)7-8-16-12-14(15-6-5-11-18-15)17-9-3-4-10-17/h5-6,11,13-14,16H,3-4,7-10,12H2,1-2H3. The first-order valence-corrected chi connectivity index (χ1v) is 7.25. The normalized spacial score (nSPS) is 18.6. The zero-order valence-electron chi connectivity index (χ0n) is 11.7. The van der Waals surface area contributed by atoms with Crippen LogP contribution in [0.1, 0.15) is 44.9 Å². The smallest absolute Gasteiger partial charge is 0.122 e. The topological polar surface area (TPSA) is 28.4 Å². The lowest BCUT2D eigenvalue weighted by atomic mass is 10.1. The van der Waals surface area contributed by atoms with Crippen LogP contribution in [0.5, 0.6) is 0 Å². The summed E-state index contributed by atoms with van der Waals surface area (Å²) in [4.78, 5) is 2.54. The molecule has 0 radical (unpaired) electrons. The van der Waals surface area contributed by atoms with E-state index in [9.17, 15) is 0 Å². The Morgan fingerprint density at radius 1 is 1.33 bits per heavy atom. The molecular formula is C15H26N2O. The minimum Gasteiger partial charge on any atom is -0.468 e. The van der Waals surface area contributed by atoms with E-state index in [4.69, 9.17) is 4.42 Å². The molecule has 1 aliphatic heterocycles. The van der Waals surface area contributed by atoms with Crippen molar-refractivity contribution in [3.05, 3.63) is 24.2 Å². The lowest BCUT2D eigenvalue weighted by Gasteiger charge is -2.26. The van der Waals surface area contributed by atoms with Crippen LogP contribution in [0.25, 0.3) is 0 Å². The van der Waals surface area contributed by atoms with Crippen molar-refractivity contribution in [3.63, 3.8) is 0 Å². The molecule has 1 atom stereocenters. The summed E-state index contributed by atoms with van der Waals surface area (Å²) < 4.78 is 5.60. The molecule has 102 valence electrons. The molecule has 1 aromatic heterocycles.